The van der Waals surface area contributed by atoms with Gasteiger partial charge in [-0.1, -0.05) is 12.8 Å². The van der Waals surface area contributed by atoms with Crippen molar-refractivity contribution in [2.75, 3.05) is 5.32 Å². The second-order valence-electron chi connectivity index (χ2n) is 4.53. The predicted molar refractivity (Wildman–Crippen MR) is 59.7 cm³/mol. The Morgan fingerprint density at radius 2 is 2.00 bits per heavy atom. The van der Waals surface area contributed by atoms with Crippen LogP contribution in [0, 0.1) is 19.8 Å². The Kier molecular flexibility index (Phi) is 2.84. The lowest BCUT2D eigenvalue weighted by Crippen LogP contribution is -2.18. The Balaban J connectivity index is 1.93. The molecule has 1 unspecified atom stereocenters. The second-order valence-corrected chi connectivity index (χ2v) is 4.53. The molecular formula is C11H18N4. The molecule has 1 N–H and O–H groups in total. The SMILES string of the molecule is Cc1nnc(NC(C)CC2CC2)nc1C. The number of aromatic nitrogens is 3. The average Bonchev–Trinajstić information content (AvgIpc) is 2.95. The molecule has 0 bridgehead atoms. The number of rotatable bonds is 4. The fraction of sp³-hybridized carbons (Fsp3) is 0.727. The zero-order valence-corrected chi connectivity index (χ0v) is 9.62. The number of aryl methyl sites for hydroxylation is 2. The molecule has 1 aromatic rings. The Morgan fingerprint density at radius 3 is 2.60 bits per heavy atom. The van der Waals surface area contributed by atoms with Crippen LogP contribution in [0.4, 0.5) is 5.95 Å². The third-order valence-electron chi connectivity index (χ3n) is 2.85. The Labute approximate surface area is 90.5 Å². The molecule has 1 fully saturated rings. The third-order valence-corrected chi connectivity index (χ3v) is 2.85. The van der Waals surface area contributed by atoms with Crippen LogP contribution < -0.4 is 5.32 Å². The summed E-state index contributed by atoms with van der Waals surface area (Å²) < 4.78 is 0. The molecule has 0 saturated heterocycles. The minimum absolute atomic E-state index is 0.446. The van der Waals surface area contributed by atoms with Gasteiger partial charge >= 0.3 is 0 Å². The van der Waals surface area contributed by atoms with Gasteiger partial charge < -0.3 is 5.32 Å². The van der Waals surface area contributed by atoms with Gasteiger partial charge in [0.2, 0.25) is 5.95 Å². The molecule has 1 aromatic heterocycles. The average molecular weight is 206 g/mol. The van der Waals surface area contributed by atoms with E-state index in [1.54, 1.807) is 0 Å². The minimum Gasteiger partial charge on any atom is -0.350 e. The van der Waals surface area contributed by atoms with E-state index < -0.39 is 0 Å². The minimum atomic E-state index is 0.446. The zero-order valence-electron chi connectivity index (χ0n) is 9.62. The van der Waals surface area contributed by atoms with E-state index in [9.17, 15) is 0 Å². The summed E-state index contributed by atoms with van der Waals surface area (Å²) in [4.78, 5) is 4.36. The molecule has 15 heavy (non-hydrogen) atoms. The summed E-state index contributed by atoms with van der Waals surface area (Å²) in [7, 11) is 0. The van der Waals surface area contributed by atoms with Crippen molar-refractivity contribution in [3.05, 3.63) is 11.4 Å². The van der Waals surface area contributed by atoms with Crippen LogP contribution in [-0.4, -0.2) is 21.2 Å². The maximum atomic E-state index is 4.36. The Bertz CT molecular complexity index is 346. The molecule has 1 aliphatic rings. The molecule has 4 heteroatoms. The molecule has 1 aliphatic carbocycles. The quantitative estimate of drug-likeness (QED) is 0.819. The standard InChI is InChI=1S/C11H18N4/c1-7(6-10-4-5-10)12-11-13-8(2)9(3)14-15-11/h7,10H,4-6H2,1-3H3,(H,12,13,15). The van der Waals surface area contributed by atoms with Gasteiger partial charge in [0.15, 0.2) is 0 Å². The first-order valence-corrected chi connectivity index (χ1v) is 5.59. The number of hydrogen-bond acceptors (Lipinski definition) is 4. The summed E-state index contributed by atoms with van der Waals surface area (Å²) in [6.07, 6.45) is 3.99. The highest BCUT2D eigenvalue weighted by molar-refractivity contribution is 5.25. The first-order valence-electron chi connectivity index (χ1n) is 5.59. The molecule has 0 amide bonds. The first-order chi connectivity index (χ1) is 7.15. The van der Waals surface area contributed by atoms with Crippen molar-refractivity contribution in [1.82, 2.24) is 15.2 Å². The van der Waals surface area contributed by atoms with Crippen molar-refractivity contribution >= 4 is 5.95 Å². The van der Waals surface area contributed by atoms with Gasteiger partial charge in [-0.3, -0.25) is 0 Å². The van der Waals surface area contributed by atoms with E-state index in [0.717, 1.165) is 17.3 Å². The van der Waals surface area contributed by atoms with Crippen molar-refractivity contribution in [1.29, 1.82) is 0 Å². The monoisotopic (exact) mass is 206 g/mol. The molecule has 1 saturated carbocycles. The summed E-state index contributed by atoms with van der Waals surface area (Å²) in [6.45, 7) is 6.06. The molecule has 2 rings (SSSR count). The highest BCUT2D eigenvalue weighted by Gasteiger charge is 2.23. The molecule has 0 radical (unpaired) electrons. The van der Waals surface area contributed by atoms with Crippen LogP contribution in [0.5, 0.6) is 0 Å². The molecule has 4 nitrogen and oxygen atoms in total. The van der Waals surface area contributed by atoms with Gasteiger partial charge in [0.05, 0.1) is 11.4 Å². The summed E-state index contributed by atoms with van der Waals surface area (Å²) >= 11 is 0. The van der Waals surface area contributed by atoms with Crippen molar-refractivity contribution in [2.24, 2.45) is 5.92 Å². The maximum absolute atomic E-state index is 4.36. The number of nitrogens with zero attached hydrogens (tertiary/aromatic N) is 3. The van der Waals surface area contributed by atoms with E-state index in [4.69, 9.17) is 0 Å². The van der Waals surface area contributed by atoms with Gasteiger partial charge in [-0.2, -0.15) is 5.10 Å². The van der Waals surface area contributed by atoms with E-state index in [1.807, 2.05) is 13.8 Å². The van der Waals surface area contributed by atoms with E-state index in [2.05, 4.69) is 27.4 Å². The summed E-state index contributed by atoms with van der Waals surface area (Å²) in [6, 6.07) is 0.446. The van der Waals surface area contributed by atoms with Crippen molar-refractivity contribution in [2.45, 2.75) is 46.1 Å². The second kappa shape index (κ2) is 4.13. The molecule has 0 spiro atoms. The van der Waals surface area contributed by atoms with Crippen LogP contribution in [0.2, 0.25) is 0 Å². The highest BCUT2D eigenvalue weighted by Crippen LogP contribution is 2.33. The van der Waals surface area contributed by atoms with Gasteiger partial charge in [-0.25, -0.2) is 4.98 Å². The van der Waals surface area contributed by atoms with Gasteiger partial charge in [-0.15, -0.1) is 5.10 Å². The Hall–Kier alpha value is -1.19. The highest BCUT2D eigenvalue weighted by atomic mass is 15.2. The van der Waals surface area contributed by atoms with E-state index in [1.165, 1.54) is 19.3 Å². The predicted octanol–water partition coefficient (Wildman–Crippen LogP) is 2.09. The summed E-state index contributed by atoms with van der Waals surface area (Å²) in [5.41, 5.74) is 1.85. The summed E-state index contributed by atoms with van der Waals surface area (Å²) in [5, 5.41) is 11.4. The molecular weight excluding hydrogens is 188 g/mol. The lowest BCUT2D eigenvalue weighted by Gasteiger charge is -2.12. The van der Waals surface area contributed by atoms with Gasteiger partial charge in [-0.05, 0) is 33.1 Å². The zero-order chi connectivity index (χ0) is 10.8. The molecule has 0 aliphatic heterocycles. The third kappa shape index (κ3) is 2.88. The topological polar surface area (TPSA) is 50.7 Å². The van der Waals surface area contributed by atoms with E-state index in [-0.39, 0.29) is 0 Å². The fourth-order valence-corrected chi connectivity index (χ4v) is 1.65. The Morgan fingerprint density at radius 1 is 1.27 bits per heavy atom. The molecule has 1 heterocycles. The van der Waals surface area contributed by atoms with Crippen LogP contribution in [-0.2, 0) is 0 Å². The lowest BCUT2D eigenvalue weighted by molar-refractivity contribution is 0.634. The number of anilines is 1. The summed E-state index contributed by atoms with van der Waals surface area (Å²) in [5.74, 6) is 1.58. The van der Waals surface area contributed by atoms with E-state index in [0.29, 0.717) is 12.0 Å². The van der Waals surface area contributed by atoms with Gasteiger partial charge in [0.1, 0.15) is 0 Å². The number of nitrogens with one attached hydrogen (secondary N) is 1. The lowest BCUT2D eigenvalue weighted by atomic mass is 10.2. The van der Waals surface area contributed by atoms with Crippen molar-refractivity contribution in [3.8, 4) is 0 Å². The number of hydrogen-bond donors (Lipinski definition) is 1. The molecule has 0 aromatic carbocycles. The van der Waals surface area contributed by atoms with E-state index >= 15 is 0 Å². The van der Waals surface area contributed by atoms with Gasteiger partial charge in [0.25, 0.3) is 0 Å². The van der Waals surface area contributed by atoms with Crippen LogP contribution in [0.15, 0.2) is 0 Å². The fourth-order valence-electron chi connectivity index (χ4n) is 1.65. The van der Waals surface area contributed by atoms with Crippen LogP contribution in [0.1, 0.15) is 37.6 Å². The normalized spacial score (nSPS) is 17.5. The van der Waals surface area contributed by atoms with Crippen molar-refractivity contribution < 1.29 is 0 Å². The first kappa shape index (κ1) is 10.3. The maximum Gasteiger partial charge on any atom is 0.243 e. The largest absolute Gasteiger partial charge is 0.350 e. The van der Waals surface area contributed by atoms with Crippen LogP contribution >= 0.6 is 0 Å². The van der Waals surface area contributed by atoms with Crippen LogP contribution in [0.25, 0.3) is 0 Å². The molecule has 82 valence electrons. The van der Waals surface area contributed by atoms with Gasteiger partial charge in [0, 0.05) is 6.04 Å². The smallest absolute Gasteiger partial charge is 0.243 e. The van der Waals surface area contributed by atoms with Crippen LogP contribution in [0.3, 0.4) is 0 Å². The molecule has 1 atom stereocenters. The van der Waals surface area contributed by atoms with Crippen molar-refractivity contribution in [3.63, 3.8) is 0 Å².